The molecular formula is C23H25ClN2O4. The Morgan fingerprint density at radius 1 is 1.07 bits per heavy atom. The van der Waals surface area contributed by atoms with Gasteiger partial charge in [-0.2, -0.15) is 0 Å². The molecule has 1 heterocycles. The van der Waals surface area contributed by atoms with Crippen molar-refractivity contribution in [2.45, 2.75) is 20.0 Å². The number of hydrogen-bond donors (Lipinski definition) is 1. The van der Waals surface area contributed by atoms with Crippen molar-refractivity contribution >= 4 is 23.2 Å². The van der Waals surface area contributed by atoms with E-state index in [1.165, 1.54) is 0 Å². The molecule has 158 valence electrons. The van der Waals surface area contributed by atoms with Gasteiger partial charge < -0.3 is 24.1 Å². The molecule has 0 fully saturated rings. The molecule has 0 aliphatic carbocycles. The highest BCUT2D eigenvalue weighted by Gasteiger charge is 2.22. The number of ether oxygens (including phenoxy) is 2. The molecule has 30 heavy (non-hydrogen) atoms. The predicted octanol–water partition coefficient (Wildman–Crippen LogP) is 5.22. The number of furan rings is 1. The lowest BCUT2D eigenvalue weighted by molar-refractivity contribution is 0.0718. The third-order valence-electron chi connectivity index (χ3n) is 4.66. The fourth-order valence-corrected chi connectivity index (χ4v) is 3.42. The van der Waals surface area contributed by atoms with Gasteiger partial charge in [0, 0.05) is 24.8 Å². The van der Waals surface area contributed by atoms with Crippen molar-refractivity contribution in [1.82, 2.24) is 4.90 Å². The summed E-state index contributed by atoms with van der Waals surface area (Å²) in [5.74, 6) is 1.71. The van der Waals surface area contributed by atoms with Crippen LogP contribution in [-0.4, -0.2) is 31.6 Å². The SMILES string of the molecule is CCNc1cc(OC)c(OC)cc1CN(Cc1ccco1)C(=O)c1ccccc1Cl. The van der Waals surface area contributed by atoms with Crippen LogP contribution in [0.15, 0.2) is 59.2 Å². The minimum absolute atomic E-state index is 0.186. The third-order valence-corrected chi connectivity index (χ3v) is 4.99. The molecule has 1 N–H and O–H groups in total. The molecule has 3 aromatic rings. The van der Waals surface area contributed by atoms with Gasteiger partial charge in [-0.1, -0.05) is 23.7 Å². The number of nitrogens with one attached hydrogen (secondary N) is 1. The highest BCUT2D eigenvalue weighted by Crippen LogP contribution is 2.34. The lowest BCUT2D eigenvalue weighted by atomic mass is 10.1. The number of amides is 1. The molecular weight excluding hydrogens is 404 g/mol. The molecule has 0 saturated carbocycles. The summed E-state index contributed by atoms with van der Waals surface area (Å²) in [6.45, 7) is 3.36. The zero-order valence-corrected chi connectivity index (χ0v) is 18.0. The minimum atomic E-state index is -0.186. The van der Waals surface area contributed by atoms with Crippen LogP contribution in [-0.2, 0) is 13.1 Å². The Balaban J connectivity index is 2.00. The zero-order valence-electron chi connectivity index (χ0n) is 17.3. The molecule has 2 aromatic carbocycles. The predicted molar refractivity (Wildman–Crippen MR) is 117 cm³/mol. The quantitative estimate of drug-likeness (QED) is 0.506. The van der Waals surface area contributed by atoms with Crippen molar-refractivity contribution in [3.8, 4) is 11.5 Å². The molecule has 1 amide bonds. The summed E-state index contributed by atoms with van der Waals surface area (Å²) in [4.78, 5) is 15.1. The Hall–Kier alpha value is -3.12. The van der Waals surface area contributed by atoms with Gasteiger partial charge in [-0.25, -0.2) is 0 Å². The molecule has 0 spiro atoms. The number of methoxy groups -OCH3 is 2. The Labute approximate surface area is 181 Å². The maximum atomic E-state index is 13.4. The van der Waals surface area contributed by atoms with Crippen LogP contribution >= 0.6 is 11.6 Å². The number of nitrogens with zero attached hydrogens (tertiary/aromatic N) is 1. The largest absolute Gasteiger partial charge is 0.493 e. The smallest absolute Gasteiger partial charge is 0.256 e. The average Bonchev–Trinajstić information content (AvgIpc) is 3.27. The monoisotopic (exact) mass is 428 g/mol. The molecule has 0 atom stereocenters. The minimum Gasteiger partial charge on any atom is -0.493 e. The first-order valence-corrected chi connectivity index (χ1v) is 10.00. The number of carbonyl (C=O) groups is 1. The van der Waals surface area contributed by atoms with Gasteiger partial charge in [0.25, 0.3) is 5.91 Å². The summed E-state index contributed by atoms with van der Waals surface area (Å²) in [6.07, 6.45) is 1.59. The molecule has 6 nitrogen and oxygen atoms in total. The highest BCUT2D eigenvalue weighted by atomic mass is 35.5. The molecule has 0 saturated heterocycles. The van der Waals surface area contributed by atoms with E-state index in [0.717, 1.165) is 17.8 Å². The molecule has 1 aromatic heterocycles. The average molecular weight is 429 g/mol. The van der Waals surface area contributed by atoms with E-state index in [4.69, 9.17) is 25.5 Å². The topological polar surface area (TPSA) is 63.9 Å². The Morgan fingerprint density at radius 2 is 1.80 bits per heavy atom. The number of anilines is 1. The van der Waals surface area contributed by atoms with Gasteiger partial charge in [-0.15, -0.1) is 0 Å². The molecule has 0 radical (unpaired) electrons. The van der Waals surface area contributed by atoms with E-state index in [9.17, 15) is 4.79 Å². The van der Waals surface area contributed by atoms with E-state index < -0.39 is 0 Å². The highest BCUT2D eigenvalue weighted by molar-refractivity contribution is 6.33. The zero-order chi connectivity index (χ0) is 21.5. The van der Waals surface area contributed by atoms with Crippen LogP contribution in [0.2, 0.25) is 5.02 Å². The van der Waals surface area contributed by atoms with Crippen LogP contribution in [0.1, 0.15) is 28.6 Å². The van der Waals surface area contributed by atoms with Gasteiger partial charge in [0.05, 0.1) is 37.6 Å². The normalized spacial score (nSPS) is 10.5. The van der Waals surface area contributed by atoms with Crippen LogP contribution in [0.5, 0.6) is 11.5 Å². The maximum absolute atomic E-state index is 13.4. The lowest BCUT2D eigenvalue weighted by Gasteiger charge is -2.25. The fraction of sp³-hybridized carbons (Fsp3) is 0.261. The summed E-state index contributed by atoms with van der Waals surface area (Å²) in [5, 5.41) is 3.74. The van der Waals surface area contributed by atoms with Gasteiger partial charge in [-0.05, 0) is 42.8 Å². The standard InChI is InChI=1S/C23H25ClN2O4/c1-4-25-20-13-22(29-3)21(28-2)12-16(20)14-26(15-17-8-7-11-30-17)23(27)18-9-5-6-10-19(18)24/h5-13,25H,4,14-15H2,1-3H3. The van der Waals surface area contributed by atoms with Crippen LogP contribution in [0, 0.1) is 0 Å². The van der Waals surface area contributed by atoms with Crippen LogP contribution in [0.25, 0.3) is 0 Å². The molecule has 0 bridgehead atoms. The summed E-state index contributed by atoms with van der Waals surface area (Å²) in [6, 6.07) is 14.4. The lowest BCUT2D eigenvalue weighted by Crippen LogP contribution is -2.30. The summed E-state index contributed by atoms with van der Waals surface area (Å²) in [5.41, 5.74) is 2.20. The van der Waals surface area contributed by atoms with Crippen molar-refractivity contribution in [2.75, 3.05) is 26.1 Å². The van der Waals surface area contributed by atoms with E-state index in [1.54, 1.807) is 55.7 Å². The molecule has 0 unspecified atom stereocenters. The van der Waals surface area contributed by atoms with Crippen LogP contribution in [0.3, 0.4) is 0 Å². The number of rotatable bonds is 9. The first-order chi connectivity index (χ1) is 14.6. The van der Waals surface area contributed by atoms with Crippen molar-refractivity contribution in [3.63, 3.8) is 0 Å². The van der Waals surface area contributed by atoms with Crippen LogP contribution < -0.4 is 14.8 Å². The van der Waals surface area contributed by atoms with E-state index in [1.807, 2.05) is 25.1 Å². The molecule has 0 aliphatic heterocycles. The van der Waals surface area contributed by atoms with E-state index in [2.05, 4.69) is 5.32 Å². The van der Waals surface area contributed by atoms with Crippen molar-refractivity contribution < 1.29 is 18.7 Å². The Morgan fingerprint density at radius 3 is 2.43 bits per heavy atom. The van der Waals surface area contributed by atoms with Gasteiger partial charge in [0.2, 0.25) is 0 Å². The van der Waals surface area contributed by atoms with Gasteiger partial charge in [0.1, 0.15) is 5.76 Å². The van der Waals surface area contributed by atoms with Crippen LogP contribution in [0.4, 0.5) is 5.69 Å². The molecule has 0 aliphatic rings. The van der Waals surface area contributed by atoms with Crippen molar-refractivity contribution in [1.29, 1.82) is 0 Å². The summed E-state index contributed by atoms with van der Waals surface area (Å²) in [7, 11) is 3.18. The number of halogens is 1. The Kier molecular flexibility index (Phi) is 7.25. The Bertz CT molecular complexity index is 989. The van der Waals surface area contributed by atoms with E-state index >= 15 is 0 Å². The van der Waals surface area contributed by atoms with E-state index in [0.29, 0.717) is 40.9 Å². The number of hydrogen-bond acceptors (Lipinski definition) is 5. The van der Waals surface area contributed by atoms with Gasteiger partial charge >= 0.3 is 0 Å². The van der Waals surface area contributed by atoms with Gasteiger partial charge in [0.15, 0.2) is 11.5 Å². The van der Waals surface area contributed by atoms with Crippen molar-refractivity contribution in [2.24, 2.45) is 0 Å². The molecule has 7 heteroatoms. The number of carbonyl (C=O) groups excluding carboxylic acids is 1. The van der Waals surface area contributed by atoms with Crippen molar-refractivity contribution in [3.05, 3.63) is 76.7 Å². The second kappa shape index (κ2) is 10.1. The summed E-state index contributed by atoms with van der Waals surface area (Å²) < 4.78 is 16.4. The maximum Gasteiger partial charge on any atom is 0.256 e. The fourth-order valence-electron chi connectivity index (χ4n) is 3.21. The second-order valence-corrected chi connectivity index (χ2v) is 7.02. The second-order valence-electron chi connectivity index (χ2n) is 6.62. The van der Waals surface area contributed by atoms with Gasteiger partial charge in [-0.3, -0.25) is 4.79 Å². The summed E-state index contributed by atoms with van der Waals surface area (Å²) >= 11 is 6.30. The first kappa shape index (κ1) is 21.6. The van der Waals surface area contributed by atoms with E-state index in [-0.39, 0.29) is 5.91 Å². The number of benzene rings is 2. The molecule has 3 rings (SSSR count). The first-order valence-electron chi connectivity index (χ1n) is 9.62. The third kappa shape index (κ3) is 4.89.